The molecule has 0 bridgehead atoms. The van der Waals surface area contributed by atoms with Crippen LogP contribution in [0.4, 0.5) is 17.3 Å². The quantitative estimate of drug-likeness (QED) is 0.276. The van der Waals surface area contributed by atoms with Gasteiger partial charge in [-0.1, -0.05) is 48.7 Å². The fourth-order valence-electron chi connectivity index (χ4n) is 4.82. The van der Waals surface area contributed by atoms with Gasteiger partial charge >= 0.3 is 0 Å². The molecule has 0 unspecified atom stereocenters. The highest BCUT2D eigenvalue weighted by Crippen LogP contribution is 2.41. The zero-order valence-corrected chi connectivity index (χ0v) is 22.1. The molecule has 4 aromatic rings. The third-order valence-corrected chi connectivity index (χ3v) is 8.52. The van der Waals surface area contributed by atoms with E-state index in [9.17, 15) is 13.2 Å². The first kappa shape index (κ1) is 25.7. The standard InChI is InChI=1S/C27H26ClN5O4S/c1-37-18-11-12-20(28)23(16-18)32-24-25(31-22-10-3-2-9-21(22)30-24)33-38(35,36)19-8-6-7-17(15-19)27(26(29)34)13-4-5-14-27/h2-3,6-12,15-16H,4-5,13-14H2,1H3,(H2,29,34)(H,30,32)(H,31,33). The van der Waals surface area contributed by atoms with E-state index >= 15 is 0 Å². The van der Waals surface area contributed by atoms with Crippen molar-refractivity contribution in [2.24, 2.45) is 5.73 Å². The van der Waals surface area contributed by atoms with Gasteiger partial charge in [0.1, 0.15) is 5.75 Å². The number of nitrogens with one attached hydrogen (secondary N) is 2. The van der Waals surface area contributed by atoms with Crippen molar-refractivity contribution >= 4 is 55.9 Å². The summed E-state index contributed by atoms with van der Waals surface area (Å²) in [6, 6.07) is 18.5. The average Bonchev–Trinajstić information content (AvgIpc) is 3.42. The first-order chi connectivity index (χ1) is 18.2. The minimum Gasteiger partial charge on any atom is -0.497 e. The lowest BCUT2D eigenvalue weighted by atomic mass is 9.78. The Labute approximate surface area is 225 Å². The molecule has 5 rings (SSSR count). The second-order valence-electron chi connectivity index (χ2n) is 9.17. The van der Waals surface area contributed by atoms with Gasteiger partial charge in [0.15, 0.2) is 11.6 Å². The van der Waals surface area contributed by atoms with Crippen LogP contribution in [0.15, 0.2) is 71.6 Å². The molecule has 0 atom stereocenters. The largest absolute Gasteiger partial charge is 0.497 e. The van der Waals surface area contributed by atoms with Gasteiger partial charge in [0.25, 0.3) is 10.0 Å². The number of rotatable bonds is 8. The first-order valence-corrected chi connectivity index (χ1v) is 13.9. The number of ether oxygens (including phenoxy) is 1. The summed E-state index contributed by atoms with van der Waals surface area (Å²) < 4.78 is 35.0. The number of amides is 1. The summed E-state index contributed by atoms with van der Waals surface area (Å²) in [5, 5.41) is 3.47. The van der Waals surface area contributed by atoms with Crippen molar-refractivity contribution in [2.45, 2.75) is 36.0 Å². The number of methoxy groups -OCH3 is 1. The van der Waals surface area contributed by atoms with E-state index in [4.69, 9.17) is 22.1 Å². The third kappa shape index (κ3) is 4.84. The number of para-hydroxylation sites is 2. The molecule has 1 heterocycles. The number of fused-ring (bicyclic) bond motifs is 1. The predicted molar refractivity (Wildman–Crippen MR) is 147 cm³/mol. The zero-order valence-electron chi connectivity index (χ0n) is 20.6. The normalized spacial score (nSPS) is 14.8. The molecule has 1 saturated carbocycles. The number of primary amides is 1. The van der Waals surface area contributed by atoms with Crippen LogP contribution in [0.25, 0.3) is 11.0 Å². The maximum Gasteiger partial charge on any atom is 0.263 e. The molecule has 1 fully saturated rings. The molecular weight excluding hydrogens is 526 g/mol. The monoisotopic (exact) mass is 551 g/mol. The van der Waals surface area contributed by atoms with Crippen LogP contribution in [0.2, 0.25) is 5.02 Å². The van der Waals surface area contributed by atoms with Crippen LogP contribution in [0.3, 0.4) is 0 Å². The van der Waals surface area contributed by atoms with Crippen molar-refractivity contribution in [3.63, 3.8) is 0 Å². The lowest BCUT2D eigenvalue weighted by Gasteiger charge is -2.26. The lowest BCUT2D eigenvalue weighted by Crippen LogP contribution is -2.38. The van der Waals surface area contributed by atoms with Crippen molar-refractivity contribution < 1.29 is 17.9 Å². The van der Waals surface area contributed by atoms with Gasteiger partial charge in [-0.3, -0.25) is 9.52 Å². The van der Waals surface area contributed by atoms with E-state index in [1.165, 1.54) is 19.2 Å². The fraction of sp³-hybridized carbons (Fsp3) is 0.222. The van der Waals surface area contributed by atoms with Crippen LogP contribution >= 0.6 is 11.6 Å². The van der Waals surface area contributed by atoms with Crippen molar-refractivity contribution in [3.8, 4) is 5.75 Å². The number of carbonyl (C=O) groups is 1. The van der Waals surface area contributed by atoms with Crippen LogP contribution in [0.5, 0.6) is 5.75 Å². The van der Waals surface area contributed by atoms with Gasteiger partial charge in [-0.2, -0.15) is 0 Å². The number of benzene rings is 3. The van der Waals surface area contributed by atoms with Crippen LogP contribution in [0.1, 0.15) is 31.2 Å². The number of anilines is 3. The minimum absolute atomic E-state index is 0.0113. The molecule has 1 amide bonds. The van der Waals surface area contributed by atoms with Crippen molar-refractivity contribution in [1.29, 1.82) is 0 Å². The minimum atomic E-state index is -4.13. The summed E-state index contributed by atoms with van der Waals surface area (Å²) in [7, 11) is -2.59. The Morgan fingerprint density at radius 3 is 2.32 bits per heavy atom. The Morgan fingerprint density at radius 1 is 0.974 bits per heavy atom. The number of sulfonamides is 1. The second-order valence-corrected chi connectivity index (χ2v) is 11.3. The summed E-state index contributed by atoms with van der Waals surface area (Å²) in [5.41, 5.74) is 7.02. The number of hydrogen-bond donors (Lipinski definition) is 3. The number of hydrogen-bond acceptors (Lipinski definition) is 7. The summed E-state index contributed by atoms with van der Waals surface area (Å²) in [6.45, 7) is 0. The Bertz CT molecular complexity index is 1640. The zero-order chi connectivity index (χ0) is 26.9. The topological polar surface area (TPSA) is 136 Å². The number of nitrogens with two attached hydrogens (primary N) is 1. The highest BCUT2D eigenvalue weighted by molar-refractivity contribution is 7.92. The SMILES string of the molecule is COc1ccc(Cl)c(Nc2nc3ccccc3nc2NS(=O)(=O)c2cccc(C3(C(N)=O)CCCC3)c2)c1. The molecule has 1 aliphatic rings. The molecule has 11 heteroatoms. The summed E-state index contributed by atoms with van der Waals surface area (Å²) in [6.07, 6.45) is 2.88. The smallest absolute Gasteiger partial charge is 0.263 e. The molecule has 3 aromatic carbocycles. The van der Waals surface area contributed by atoms with Gasteiger partial charge in [-0.05, 0) is 54.8 Å². The Hall–Kier alpha value is -3.89. The Morgan fingerprint density at radius 2 is 1.66 bits per heavy atom. The molecule has 0 radical (unpaired) electrons. The lowest BCUT2D eigenvalue weighted by molar-refractivity contribution is -0.123. The van der Waals surface area contributed by atoms with Crippen molar-refractivity contribution in [1.82, 2.24) is 9.97 Å². The molecule has 0 spiro atoms. The second kappa shape index (κ2) is 10.1. The maximum absolute atomic E-state index is 13.6. The van der Waals surface area contributed by atoms with Gasteiger partial charge in [-0.25, -0.2) is 18.4 Å². The van der Waals surface area contributed by atoms with Gasteiger partial charge < -0.3 is 15.8 Å². The van der Waals surface area contributed by atoms with Crippen molar-refractivity contribution in [3.05, 3.63) is 77.3 Å². The van der Waals surface area contributed by atoms with Crippen LogP contribution in [-0.2, 0) is 20.2 Å². The molecular formula is C27H26ClN5O4S. The number of nitrogens with zero attached hydrogens (tertiary/aromatic N) is 2. The van der Waals surface area contributed by atoms with E-state index in [2.05, 4.69) is 20.0 Å². The number of halogens is 1. The van der Waals surface area contributed by atoms with Gasteiger partial charge in [-0.15, -0.1) is 0 Å². The molecule has 196 valence electrons. The van der Waals surface area contributed by atoms with E-state index in [0.29, 0.717) is 45.9 Å². The van der Waals surface area contributed by atoms with E-state index in [1.54, 1.807) is 48.5 Å². The maximum atomic E-state index is 13.6. The number of aromatic nitrogens is 2. The van der Waals surface area contributed by atoms with E-state index in [0.717, 1.165) is 12.8 Å². The Kier molecular flexibility index (Phi) is 6.85. The molecule has 9 nitrogen and oxygen atoms in total. The molecule has 4 N–H and O–H groups in total. The molecule has 1 aromatic heterocycles. The fourth-order valence-corrected chi connectivity index (χ4v) is 6.04. The summed E-state index contributed by atoms with van der Waals surface area (Å²) in [4.78, 5) is 21.5. The predicted octanol–water partition coefficient (Wildman–Crippen LogP) is 5.13. The Balaban J connectivity index is 1.56. The molecule has 0 saturated heterocycles. The van der Waals surface area contributed by atoms with Crippen molar-refractivity contribution in [2.75, 3.05) is 17.1 Å². The molecule has 38 heavy (non-hydrogen) atoms. The highest BCUT2D eigenvalue weighted by Gasteiger charge is 2.41. The van der Waals surface area contributed by atoms with E-state index < -0.39 is 21.3 Å². The molecule has 1 aliphatic carbocycles. The van der Waals surface area contributed by atoms with E-state index in [1.807, 2.05) is 6.07 Å². The average molecular weight is 552 g/mol. The number of carbonyl (C=O) groups excluding carboxylic acids is 1. The first-order valence-electron chi connectivity index (χ1n) is 12.0. The van der Waals surface area contributed by atoms with Gasteiger partial charge in [0.2, 0.25) is 5.91 Å². The summed E-state index contributed by atoms with van der Waals surface area (Å²) in [5.74, 6) is 0.251. The van der Waals surface area contributed by atoms with Gasteiger partial charge in [0, 0.05) is 6.07 Å². The summed E-state index contributed by atoms with van der Waals surface area (Å²) >= 11 is 6.38. The van der Waals surface area contributed by atoms with Crippen LogP contribution in [0, 0.1) is 0 Å². The molecule has 0 aliphatic heterocycles. The third-order valence-electron chi connectivity index (χ3n) is 6.85. The highest BCUT2D eigenvalue weighted by atomic mass is 35.5. The van der Waals surface area contributed by atoms with Crippen LogP contribution in [-0.4, -0.2) is 31.4 Å². The van der Waals surface area contributed by atoms with Gasteiger partial charge in [0.05, 0.1) is 39.2 Å². The van der Waals surface area contributed by atoms with Crippen LogP contribution < -0.4 is 20.5 Å². The van der Waals surface area contributed by atoms with E-state index in [-0.39, 0.29) is 16.5 Å².